The van der Waals surface area contributed by atoms with Crippen LogP contribution in [0.2, 0.25) is 0 Å². The number of carboxylic acid groups (broad SMARTS) is 2. The first-order valence-electron chi connectivity index (χ1n) is 3.00. The fraction of sp³-hybridized carbons (Fsp3) is 0.333. The monoisotopic (exact) mass is 174 g/mol. The van der Waals surface area contributed by atoms with E-state index in [0.717, 1.165) is 0 Å². The maximum absolute atomic E-state index is 9.96. The molecule has 1 saturated carbocycles. The van der Waals surface area contributed by atoms with Crippen molar-refractivity contribution in [2.75, 3.05) is 0 Å². The first-order chi connectivity index (χ1) is 5.52. The van der Waals surface area contributed by atoms with E-state index in [4.69, 9.17) is 10.2 Å². The molecule has 0 spiro atoms. The highest BCUT2D eigenvalue weighted by Gasteiger charge is 2.50. The van der Waals surface area contributed by atoms with Crippen LogP contribution in [0.1, 0.15) is 0 Å². The minimum atomic E-state index is -1.47. The van der Waals surface area contributed by atoms with E-state index in [-0.39, 0.29) is 0 Å². The number of ether oxygens (including phenoxy) is 2. The van der Waals surface area contributed by atoms with E-state index in [1.54, 1.807) is 0 Å². The Hall–Kier alpha value is -1.72. The van der Waals surface area contributed by atoms with Crippen molar-refractivity contribution in [3.8, 4) is 0 Å². The summed E-state index contributed by atoms with van der Waals surface area (Å²) in [7, 11) is 0. The molecule has 0 aromatic heterocycles. The first kappa shape index (κ1) is 8.38. The molecule has 0 unspecified atom stereocenters. The van der Waals surface area contributed by atoms with Crippen LogP contribution in [0.5, 0.6) is 0 Å². The summed E-state index contributed by atoms with van der Waals surface area (Å²) in [5.74, 6) is 0. The van der Waals surface area contributed by atoms with E-state index in [1.165, 1.54) is 0 Å². The van der Waals surface area contributed by atoms with Gasteiger partial charge in [0.2, 0.25) is 0 Å². The Morgan fingerprint density at radius 3 is 1.75 bits per heavy atom. The van der Waals surface area contributed by atoms with Gasteiger partial charge >= 0.3 is 12.3 Å². The van der Waals surface area contributed by atoms with E-state index in [0.29, 0.717) is 5.57 Å². The Kier molecular flexibility index (Phi) is 1.90. The Bertz CT molecular complexity index is 220. The molecule has 0 bridgehead atoms. The second-order valence-electron chi connectivity index (χ2n) is 2.18. The van der Waals surface area contributed by atoms with Gasteiger partial charge in [0.15, 0.2) is 12.2 Å². The van der Waals surface area contributed by atoms with Crippen molar-refractivity contribution in [1.82, 2.24) is 0 Å². The van der Waals surface area contributed by atoms with Crippen molar-refractivity contribution >= 4 is 12.3 Å². The molecule has 1 fully saturated rings. The highest BCUT2D eigenvalue weighted by molar-refractivity contribution is 5.62. The zero-order chi connectivity index (χ0) is 9.30. The van der Waals surface area contributed by atoms with Crippen molar-refractivity contribution in [3.05, 3.63) is 12.2 Å². The van der Waals surface area contributed by atoms with Crippen LogP contribution >= 0.6 is 0 Å². The molecule has 0 radical (unpaired) electrons. The first-order valence-corrected chi connectivity index (χ1v) is 3.00. The third-order valence-electron chi connectivity index (χ3n) is 1.35. The quantitative estimate of drug-likeness (QED) is 0.472. The number of hydrogen-bond donors (Lipinski definition) is 2. The van der Waals surface area contributed by atoms with E-state index in [9.17, 15) is 9.59 Å². The summed E-state index contributed by atoms with van der Waals surface area (Å²) in [6.07, 6.45) is -4.62. The standard InChI is InChI=1S/C6H6O6/c1-2-3(11-5(7)8)4(2)12-6(9)10/h3-4H,1H2,(H,7,8)(H,9,10)/t3-,4-/m0/s1. The van der Waals surface area contributed by atoms with Gasteiger partial charge in [-0.3, -0.25) is 0 Å². The smallest absolute Gasteiger partial charge is 0.450 e. The molecular formula is C6H6O6. The highest BCUT2D eigenvalue weighted by Crippen LogP contribution is 2.35. The summed E-state index contributed by atoms with van der Waals surface area (Å²) in [5.41, 5.74) is 0.319. The molecule has 1 rings (SSSR count). The lowest BCUT2D eigenvalue weighted by molar-refractivity contribution is 0.0444. The molecule has 2 atom stereocenters. The van der Waals surface area contributed by atoms with Gasteiger partial charge in [0, 0.05) is 5.57 Å². The maximum Gasteiger partial charge on any atom is 0.506 e. The molecule has 0 aromatic carbocycles. The van der Waals surface area contributed by atoms with E-state index < -0.39 is 24.5 Å². The van der Waals surface area contributed by atoms with E-state index in [1.807, 2.05) is 0 Å². The van der Waals surface area contributed by atoms with Gasteiger partial charge in [-0.2, -0.15) is 0 Å². The van der Waals surface area contributed by atoms with Crippen LogP contribution in [0.3, 0.4) is 0 Å². The van der Waals surface area contributed by atoms with Crippen LogP contribution in [-0.2, 0) is 9.47 Å². The lowest BCUT2D eigenvalue weighted by Gasteiger charge is -1.96. The molecule has 12 heavy (non-hydrogen) atoms. The van der Waals surface area contributed by atoms with E-state index in [2.05, 4.69) is 16.1 Å². The summed E-state index contributed by atoms with van der Waals surface area (Å²) in [6, 6.07) is 0. The molecule has 0 saturated heterocycles. The molecule has 0 heterocycles. The molecule has 1 aliphatic carbocycles. The topological polar surface area (TPSA) is 93.1 Å². The number of rotatable bonds is 2. The van der Waals surface area contributed by atoms with Crippen molar-refractivity contribution < 1.29 is 29.3 Å². The van der Waals surface area contributed by atoms with Gasteiger partial charge in [-0.15, -0.1) is 0 Å². The Balaban J connectivity index is 2.38. The predicted octanol–water partition coefficient (Wildman–Crippen LogP) is 0.683. The Morgan fingerprint density at radius 2 is 1.50 bits per heavy atom. The molecule has 0 aromatic rings. The average Bonchev–Trinajstić information content (AvgIpc) is 2.43. The summed E-state index contributed by atoms with van der Waals surface area (Å²) in [4.78, 5) is 19.9. The van der Waals surface area contributed by atoms with Gasteiger partial charge in [-0.25, -0.2) is 9.59 Å². The van der Waals surface area contributed by atoms with Gasteiger partial charge in [0.1, 0.15) is 0 Å². The van der Waals surface area contributed by atoms with Gasteiger partial charge in [-0.1, -0.05) is 6.58 Å². The van der Waals surface area contributed by atoms with Crippen LogP contribution in [0.25, 0.3) is 0 Å². The third-order valence-corrected chi connectivity index (χ3v) is 1.35. The second-order valence-corrected chi connectivity index (χ2v) is 2.18. The van der Waals surface area contributed by atoms with Crippen molar-refractivity contribution in [3.63, 3.8) is 0 Å². The van der Waals surface area contributed by atoms with Crippen molar-refractivity contribution in [1.29, 1.82) is 0 Å². The van der Waals surface area contributed by atoms with E-state index >= 15 is 0 Å². The van der Waals surface area contributed by atoms with Gasteiger partial charge in [0.05, 0.1) is 0 Å². The molecule has 0 aliphatic heterocycles. The highest BCUT2D eigenvalue weighted by atomic mass is 16.7. The Labute approximate surface area is 67.0 Å². The molecule has 6 heteroatoms. The largest absolute Gasteiger partial charge is 0.506 e. The fourth-order valence-electron chi connectivity index (χ4n) is 0.754. The molecule has 1 aliphatic rings. The predicted molar refractivity (Wildman–Crippen MR) is 34.9 cm³/mol. The van der Waals surface area contributed by atoms with Gasteiger partial charge in [-0.05, 0) is 0 Å². The van der Waals surface area contributed by atoms with Crippen LogP contribution < -0.4 is 0 Å². The third kappa shape index (κ3) is 1.66. The summed E-state index contributed by atoms with van der Waals surface area (Å²) in [6.45, 7) is 3.36. The van der Waals surface area contributed by atoms with Gasteiger partial charge in [0.25, 0.3) is 0 Å². The lowest BCUT2D eigenvalue weighted by atomic mass is 10.7. The summed E-state index contributed by atoms with van der Waals surface area (Å²) >= 11 is 0. The molecule has 6 nitrogen and oxygen atoms in total. The zero-order valence-corrected chi connectivity index (χ0v) is 5.89. The minimum Gasteiger partial charge on any atom is -0.450 e. The minimum absolute atomic E-state index is 0.319. The van der Waals surface area contributed by atoms with Crippen LogP contribution in [-0.4, -0.2) is 34.7 Å². The second kappa shape index (κ2) is 2.72. The normalized spacial score (nSPS) is 26.2. The summed E-state index contributed by atoms with van der Waals surface area (Å²) < 4.78 is 8.43. The lowest BCUT2D eigenvalue weighted by Crippen LogP contribution is -2.10. The van der Waals surface area contributed by atoms with Crippen LogP contribution in [0, 0.1) is 0 Å². The maximum atomic E-state index is 9.96. The molecule has 2 N–H and O–H groups in total. The van der Waals surface area contributed by atoms with Crippen molar-refractivity contribution in [2.24, 2.45) is 0 Å². The van der Waals surface area contributed by atoms with Crippen LogP contribution in [0.15, 0.2) is 12.2 Å². The molecule has 0 amide bonds. The molecule has 66 valence electrons. The van der Waals surface area contributed by atoms with Gasteiger partial charge < -0.3 is 19.7 Å². The average molecular weight is 174 g/mol. The number of carbonyl (C=O) groups is 2. The summed E-state index contributed by atoms with van der Waals surface area (Å²) in [5, 5.41) is 16.3. The molecular weight excluding hydrogens is 168 g/mol. The SMILES string of the molecule is C=C1[C@H](OC(=O)O)[C@H]1OC(=O)O. The zero-order valence-electron chi connectivity index (χ0n) is 5.89. The number of hydrogen-bond acceptors (Lipinski definition) is 4. The fourth-order valence-corrected chi connectivity index (χ4v) is 0.754. The van der Waals surface area contributed by atoms with Crippen LogP contribution in [0.4, 0.5) is 9.59 Å². The van der Waals surface area contributed by atoms with Crippen molar-refractivity contribution in [2.45, 2.75) is 12.2 Å². The Morgan fingerprint density at radius 1 is 1.17 bits per heavy atom.